The third-order valence-electron chi connectivity index (χ3n) is 4.98. The Kier molecular flexibility index (Phi) is 7.28. The number of nitriles is 1. The molecule has 3 rings (SSSR count). The molecule has 10 heteroatoms. The summed E-state index contributed by atoms with van der Waals surface area (Å²) in [5.74, 6) is 0.597. The van der Waals surface area contributed by atoms with Gasteiger partial charge >= 0.3 is 0 Å². The smallest absolute Gasteiger partial charge is 0.292 e. The van der Waals surface area contributed by atoms with Crippen molar-refractivity contribution < 1.29 is 19.0 Å². The lowest BCUT2D eigenvalue weighted by atomic mass is 10.1. The summed E-state index contributed by atoms with van der Waals surface area (Å²) < 4.78 is 16.9. The zero-order valence-electron chi connectivity index (χ0n) is 19.4. The topological polar surface area (TPSA) is 128 Å². The number of nitrogens with one attached hydrogen (secondary N) is 1. The summed E-state index contributed by atoms with van der Waals surface area (Å²) in [6, 6.07) is 12.2. The number of methoxy groups -OCH3 is 3. The molecule has 0 aliphatic carbocycles. The fourth-order valence-electron chi connectivity index (χ4n) is 3.28. The van der Waals surface area contributed by atoms with Gasteiger partial charge < -0.3 is 14.2 Å². The number of hydrogen-bond acceptors (Lipinski definition) is 8. The first-order valence-electron chi connectivity index (χ1n) is 10.1. The second-order valence-electron chi connectivity index (χ2n) is 7.17. The molecule has 174 valence electrons. The predicted octanol–water partition coefficient (Wildman–Crippen LogP) is 2.51. The van der Waals surface area contributed by atoms with Gasteiger partial charge in [-0.1, -0.05) is 12.1 Å². The molecule has 0 spiro atoms. The molecule has 0 unspecified atom stereocenters. The van der Waals surface area contributed by atoms with Crippen molar-refractivity contribution in [1.29, 1.82) is 5.26 Å². The first kappa shape index (κ1) is 24.0. The molecule has 2 aromatic carbocycles. The second kappa shape index (κ2) is 10.3. The Morgan fingerprint density at radius 1 is 1.12 bits per heavy atom. The number of aromatic nitrogens is 2. The van der Waals surface area contributed by atoms with E-state index in [2.05, 4.69) is 15.6 Å². The van der Waals surface area contributed by atoms with E-state index in [1.54, 1.807) is 30.3 Å². The van der Waals surface area contributed by atoms with Crippen LogP contribution in [-0.4, -0.2) is 43.2 Å². The summed E-state index contributed by atoms with van der Waals surface area (Å²) in [6.07, 6.45) is 1.39. The lowest BCUT2D eigenvalue weighted by Crippen LogP contribution is -2.31. The van der Waals surface area contributed by atoms with Crippen LogP contribution in [0.3, 0.4) is 0 Å². The Morgan fingerprint density at radius 2 is 1.79 bits per heavy atom. The van der Waals surface area contributed by atoms with Crippen molar-refractivity contribution in [3.8, 4) is 29.0 Å². The van der Waals surface area contributed by atoms with Gasteiger partial charge in [0.05, 0.1) is 33.2 Å². The number of benzene rings is 2. The van der Waals surface area contributed by atoms with E-state index in [1.807, 2.05) is 19.1 Å². The lowest BCUT2D eigenvalue weighted by molar-refractivity contribution is 0.0947. The number of aryl methyl sites for hydroxylation is 1. The van der Waals surface area contributed by atoms with Crippen LogP contribution in [-0.2, 0) is 0 Å². The molecule has 0 bridgehead atoms. The van der Waals surface area contributed by atoms with Crippen LogP contribution in [0.5, 0.6) is 17.2 Å². The Morgan fingerprint density at radius 3 is 2.35 bits per heavy atom. The third-order valence-corrected chi connectivity index (χ3v) is 4.98. The minimum atomic E-state index is -0.681. The molecule has 3 aromatic rings. The molecule has 0 atom stereocenters. The van der Waals surface area contributed by atoms with Gasteiger partial charge in [0.25, 0.3) is 11.5 Å². The molecule has 0 saturated heterocycles. The van der Waals surface area contributed by atoms with Gasteiger partial charge in [0, 0.05) is 11.1 Å². The number of hydrazone groups is 1. The van der Waals surface area contributed by atoms with E-state index in [0.29, 0.717) is 28.5 Å². The number of amides is 1. The first-order valence-corrected chi connectivity index (χ1v) is 10.1. The average molecular weight is 461 g/mol. The maximum atomic E-state index is 12.9. The van der Waals surface area contributed by atoms with Crippen LogP contribution in [0, 0.1) is 25.2 Å². The van der Waals surface area contributed by atoms with Crippen LogP contribution in [0.1, 0.15) is 32.7 Å². The third kappa shape index (κ3) is 4.73. The van der Waals surface area contributed by atoms with E-state index >= 15 is 0 Å². The van der Waals surface area contributed by atoms with Crippen molar-refractivity contribution >= 4 is 12.1 Å². The van der Waals surface area contributed by atoms with Crippen LogP contribution in [0.4, 0.5) is 0 Å². The average Bonchev–Trinajstić information content (AvgIpc) is 2.83. The van der Waals surface area contributed by atoms with Crippen molar-refractivity contribution in [1.82, 2.24) is 15.2 Å². The minimum absolute atomic E-state index is 0.0975. The van der Waals surface area contributed by atoms with E-state index in [4.69, 9.17) is 14.2 Å². The highest BCUT2D eigenvalue weighted by molar-refractivity contribution is 5.94. The van der Waals surface area contributed by atoms with Gasteiger partial charge in [0.1, 0.15) is 11.6 Å². The SMILES string of the molecule is COc1cc(/C=N/NC(=O)c2nn(-c3cccc(C)c3)c(=O)c(C#N)c2C)cc(OC)c1OC. The van der Waals surface area contributed by atoms with E-state index in [0.717, 1.165) is 10.2 Å². The molecule has 1 amide bonds. The summed E-state index contributed by atoms with van der Waals surface area (Å²) in [4.78, 5) is 25.6. The van der Waals surface area contributed by atoms with Crippen molar-refractivity contribution in [3.63, 3.8) is 0 Å². The van der Waals surface area contributed by atoms with E-state index < -0.39 is 11.5 Å². The van der Waals surface area contributed by atoms with Crippen LogP contribution in [0.15, 0.2) is 46.3 Å². The molecule has 0 radical (unpaired) electrons. The fraction of sp³-hybridized carbons (Fsp3) is 0.208. The molecule has 1 N–H and O–H groups in total. The highest BCUT2D eigenvalue weighted by atomic mass is 16.5. The Hall–Kier alpha value is -4.65. The standard InChI is InChI=1S/C24H23N5O5/c1-14-7-6-8-17(9-14)29-24(31)18(12-25)15(2)21(28-29)23(30)27-26-13-16-10-19(32-3)22(34-5)20(11-16)33-4/h6-11,13H,1-5H3,(H,27,30)/b26-13+. The van der Waals surface area contributed by atoms with Crippen molar-refractivity contribution in [2.45, 2.75) is 13.8 Å². The highest BCUT2D eigenvalue weighted by Crippen LogP contribution is 2.37. The van der Waals surface area contributed by atoms with Crippen LogP contribution in [0.2, 0.25) is 0 Å². The number of rotatable bonds is 7. The number of nitrogens with zero attached hydrogens (tertiary/aromatic N) is 4. The van der Waals surface area contributed by atoms with Gasteiger partial charge in [-0.05, 0) is 43.7 Å². The Bertz CT molecular complexity index is 1350. The van der Waals surface area contributed by atoms with E-state index in [-0.39, 0.29) is 16.8 Å². The zero-order chi connectivity index (χ0) is 24.8. The Balaban J connectivity index is 1.95. The molecular formula is C24H23N5O5. The van der Waals surface area contributed by atoms with Gasteiger partial charge in [-0.3, -0.25) is 9.59 Å². The van der Waals surface area contributed by atoms with Gasteiger partial charge in [0.15, 0.2) is 17.2 Å². The molecule has 1 heterocycles. The molecule has 0 aliphatic rings. The number of ether oxygens (including phenoxy) is 3. The van der Waals surface area contributed by atoms with Gasteiger partial charge in [-0.2, -0.15) is 20.1 Å². The van der Waals surface area contributed by atoms with Gasteiger partial charge in [0.2, 0.25) is 5.75 Å². The molecular weight excluding hydrogens is 438 g/mol. The monoisotopic (exact) mass is 461 g/mol. The summed E-state index contributed by atoms with van der Waals surface area (Å²) >= 11 is 0. The first-order chi connectivity index (χ1) is 16.3. The van der Waals surface area contributed by atoms with E-state index in [9.17, 15) is 14.9 Å². The fourth-order valence-corrected chi connectivity index (χ4v) is 3.28. The van der Waals surface area contributed by atoms with Crippen LogP contribution < -0.4 is 25.2 Å². The molecule has 10 nitrogen and oxygen atoms in total. The summed E-state index contributed by atoms with van der Waals surface area (Å²) in [5.41, 5.74) is 3.58. The molecule has 0 aliphatic heterocycles. The Labute approximate surface area is 196 Å². The van der Waals surface area contributed by atoms with E-state index in [1.165, 1.54) is 34.5 Å². The lowest BCUT2D eigenvalue weighted by Gasteiger charge is -2.12. The van der Waals surface area contributed by atoms with Crippen LogP contribution in [0.25, 0.3) is 5.69 Å². The number of hydrogen-bond donors (Lipinski definition) is 1. The maximum Gasteiger partial charge on any atom is 0.292 e. The van der Waals surface area contributed by atoms with Crippen LogP contribution >= 0.6 is 0 Å². The number of carbonyl (C=O) groups is 1. The van der Waals surface area contributed by atoms with Gasteiger partial charge in [-0.25, -0.2) is 5.43 Å². The molecule has 1 aromatic heterocycles. The van der Waals surface area contributed by atoms with Crippen molar-refractivity contribution in [2.24, 2.45) is 5.10 Å². The maximum absolute atomic E-state index is 12.9. The van der Waals surface area contributed by atoms with Gasteiger partial charge in [-0.15, -0.1) is 0 Å². The quantitative estimate of drug-likeness (QED) is 0.423. The summed E-state index contributed by atoms with van der Waals surface area (Å²) in [5, 5.41) is 17.7. The summed E-state index contributed by atoms with van der Waals surface area (Å²) in [7, 11) is 4.48. The normalized spacial score (nSPS) is 10.6. The minimum Gasteiger partial charge on any atom is -0.493 e. The second-order valence-corrected chi connectivity index (χ2v) is 7.17. The molecule has 34 heavy (non-hydrogen) atoms. The predicted molar refractivity (Wildman–Crippen MR) is 125 cm³/mol. The molecule has 0 saturated carbocycles. The number of carbonyl (C=O) groups excluding carboxylic acids is 1. The zero-order valence-corrected chi connectivity index (χ0v) is 19.4. The molecule has 0 fully saturated rings. The largest absolute Gasteiger partial charge is 0.493 e. The highest BCUT2D eigenvalue weighted by Gasteiger charge is 2.20. The van der Waals surface area contributed by atoms with Crippen molar-refractivity contribution in [2.75, 3.05) is 21.3 Å². The summed E-state index contributed by atoms with van der Waals surface area (Å²) in [6.45, 7) is 3.35. The van der Waals surface area contributed by atoms with Crippen molar-refractivity contribution in [3.05, 3.63) is 74.7 Å².